The number of hydrogen-bond donors (Lipinski definition) is 0. The van der Waals surface area contributed by atoms with Crippen LogP contribution in [-0.2, 0) is 0 Å². The lowest BCUT2D eigenvalue weighted by Crippen LogP contribution is -2.34. The molecule has 84 valence electrons. The van der Waals surface area contributed by atoms with Crippen LogP contribution in [0.25, 0.3) is 0 Å². The van der Waals surface area contributed by atoms with E-state index >= 15 is 0 Å². The summed E-state index contributed by atoms with van der Waals surface area (Å²) >= 11 is 9.21. The Morgan fingerprint density at radius 3 is 2.81 bits per heavy atom. The van der Waals surface area contributed by atoms with Crippen LogP contribution in [0.5, 0.6) is 0 Å². The Morgan fingerprint density at radius 2 is 2.25 bits per heavy atom. The van der Waals surface area contributed by atoms with E-state index in [0.717, 1.165) is 4.47 Å². The van der Waals surface area contributed by atoms with Gasteiger partial charge in [0.05, 0.1) is 16.7 Å². The van der Waals surface area contributed by atoms with Crippen LogP contribution in [-0.4, -0.2) is 23.9 Å². The molecule has 0 saturated heterocycles. The zero-order chi connectivity index (χ0) is 12.3. The highest BCUT2D eigenvalue weighted by Crippen LogP contribution is 2.22. The molecule has 1 amide bonds. The largest absolute Gasteiger partial charge is 0.326 e. The van der Waals surface area contributed by atoms with Crippen molar-refractivity contribution in [3.63, 3.8) is 0 Å². The van der Waals surface area contributed by atoms with Crippen LogP contribution in [0.1, 0.15) is 17.3 Å². The third kappa shape index (κ3) is 2.75. The normalized spacial score (nSPS) is 11.7. The summed E-state index contributed by atoms with van der Waals surface area (Å²) < 4.78 is 0.776. The van der Waals surface area contributed by atoms with Gasteiger partial charge in [-0.2, -0.15) is 5.26 Å². The predicted molar refractivity (Wildman–Crippen MR) is 66.3 cm³/mol. The van der Waals surface area contributed by atoms with Gasteiger partial charge in [-0.1, -0.05) is 27.5 Å². The van der Waals surface area contributed by atoms with E-state index in [1.54, 1.807) is 32.2 Å². The maximum atomic E-state index is 12.0. The van der Waals surface area contributed by atoms with Crippen LogP contribution in [0.2, 0.25) is 5.02 Å². The number of nitriles is 1. The zero-order valence-electron chi connectivity index (χ0n) is 8.87. The van der Waals surface area contributed by atoms with Gasteiger partial charge in [0.15, 0.2) is 0 Å². The number of rotatable bonds is 2. The van der Waals surface area contributed by atoms with Crippen molar-refractivity contribution in [1.82, 2.24) is 4.90 Å². The third-order valence-electron chi connectivity index (χ3n) is 2.25. The quantitative estimate of drug-likeness (QED) is 0.842. The summed E-state index contributed by atoms with van der Waals surface area (Å²) in [6.07, 6.45) is 0. The van der Waals surface area contributed by atoms with Crippen molar-refractivity contribution < 1.29 is 4.79 Å². The lowest BCUT2D eigenvalue weighted by atomic mass is 10.2. The van der Waals surface area contributed by atoms with Gasteiger partial charge in [0.1, 0.15) is 6.04 Å². The van der Waals surface area contributed by atoms with Crippen molar-refractivity contribution in [2.45, 2.75) is 13.0 Å². The molecule has 1 rings (SSSR count). The Hall–Kier alpha value is -1.05. The first kappa shape index (κ1) is 13.0. The summed E-state index contributed by atoms with van der Waals surface area (Å²) in [5.74, 6) is -0.264. The fourth-order valence-corrected chi connectivity index (χ4v) is 1.67. The first-order chi connectivity index (χ1) is 7.47. The molecular weight excluding hydrogens is 291 g/mol. The summed E-state index contributed by atoms with van der Waals surface area (Å²) in [5.41, 5.74) is 0.389. The molecule has 0 fully saturated rings. The van der Waals surface area contributed by atoms with E-state index in [9.17, 15) is 4.79 Å². The molecule has 1 aromatic carbocycles. The topological polar surface area (TPSA) is 44.1 Å². The number of nitrogens with zero attached hydrogens (tertiary/aromatic N) is 2. The third-order valence-corrected chi connectivity index (χ3v) is 3.07. The van der Waals surface area contributed by atoms with Gasteiger partial charge in [0.2, 0.25) is 0 Å². The molecule has 0 aliphatic heterocycles. The number of carbonyl (C=O) groups excluding carboxylic acids is 1. The number of halogens is 2. The second-order valence-corrected chi connectivity index (χ2v) is 4.67. The standard InChI is InChI=1S/C11H10BrClN2O/c1-7(6-14)15(2)11(16)9-5-8(12)3-4-10(9)13/h3-5,7H,1-2H3. The highest BCUT2D eigenvalue weighted by molar-refractivity contribution is 9.10. The van der Waals surface area contributed by atoms with Gasteiger partial charge in [0, 0.05) is 11.5 Å². The Morgan fingerprint density at radius 1 is 1.62 bits per heavy atom. The van der Waals surface area contributed by atoms with E-state index in [1.165, 1.54) is 4.90 Å². The average molecular weight is 302 g/mol. The summed E-state index contributed by atoms with van der Waals surface area (Å²) in [6, 6.07) is 6.56. The first-order valence-corrected chi connectivity index (χ1v) is 5.76. The monoisotopic (exact) mass is 300 g/mol. The van der Waals surface area contributed by atoms with Crippen LogP contribution in [0.15, 0.2) is 22.7 Å². The van der Waals surface area contributed by atoms with Crippen molar-refractivity contribution >= 4 is 33.4 Å². The molecule has 0 saturated carbocycles. The Balaban J connectivity index is 3.06. The number of hydrogen-bond acceptors (Lipinski definition) is 2. The second-order valence-electron chi connectivity index (χ2n) is 3.35. The molecule has 0 heterocycles. The molecule has 3 nitrogen and oxygen atoms in total. The van der Waals surface area contributed by atoms with Crippen LogP contribution in [0.4, 0.5) is 0 Å². The molecule has 5 heteroatoms. The van der Waals surface area contributed by atoms with Gasteiger partial charge in [0.25, 0.3) is 5.91 Å². The van der Waals surface area contributed by atoms with Crippen molar-refractivity contribution in [1.29, 1.82) is 5.26 Å². The molecule has 0 aliphatic carbocycles. The van der Waals surface area contributed by atoms with E-state index in [2.05, 4.69) is 15.9 Å². The van der Waals surface area contributed by atoms with E-state index in [4.69, 9.17) is 16.9 Å². The smallest absolute Gasteiger partial charge is 0.256 e. The molecule has 0 aromatic heterocycles. The van der Waals surface area contributed by atoms with Gasteiger partial charge in [-0.25, -0.2) is 0 Å². The SMILES string of the molecule is CC(C#N)N(C)C(=O)c1cc(Br)ccc1Cl. The minimum Gasteiger partial charge on any atom is -0.326 e. The van der Waals surface area contributed by atoms with Gasteiger partial charge in [-0.05, 0) is 25.1 Å². The number of carbonyl (C=O) groups is 1. The van der Waals surface area contributed by atoms with Crippen LogP contribution < -0.4 is 0 Å². The highest BCUT2D eigenvalue weighted by atomic mass is 79.9. The van der Waals surface area contributed by atoms with Crippen molar-refractivity contribution in [2.75, 3.05) is 7.05 Å². The van der Waals surface area contributed by atoms with Crippen molar-refractivity contribution in [3.05, 3.63) is 33.3 Å². The summed E-state index contributed by atoms with van der Waals surface area (Å²) in [4.78, 5) is 13.3. The van der Waals surface area contributed by atoms with Gasteiger partial charge in [-0.3, -0.25) is 4.79 Å². The second kappa shape index (κ2) is 5.33. The van der Waals surface area contributed by atoms with Crippen LogP contribution in [0, 0.1) is 11.3 Å². The predicted octanol–water partition coefficient (Wildman–Crippen LogP) is 3.09. The maximum Gasteiger partial charge on any atom is 0.256 e. The van der Waals surface area contributed by atoms with Gasteiger partial charge < -0.3 is 4.90 Å². The summed E-state index contributed by atoms with van der Waals surface area (Å²) in [7, 11) is 1.58. The van der Waals surface area contributed by atoms with Crippen LogP contribution in [0.3, 0.4) is 0 Å². The van der Waals surface area contributed by atoms with E-state index in [1.807, 2.05) is 6.07 Å². The lowest BCUT2D eigenvalue weighted by molar-refractivity contribution is 0.0773. The molecule has 0 N–H and O–H groups in total. The fraction of sp³-hybridized carbons (Fsp3) is 0.273. The Labute approximate surface area is 108 Å². The van der Waals surface area contributed by atoms with E-state index < -0.39 is 6.04 Å². The van der Waals surface area contributed by atoms with Gasteiger partial charge >= 0.3 is 0 Å². The molecule has 0 radical (unpaired) electrons. The molecule has 1 aromatic rings. The minimum absolute atomic E-state index is 0.264. The minimum atomic E-state index is -0.484. The van der Waals surface area contributed by atoms with E-state index in [0.29, 0.717) is 10.6 Å². The molecule has 0 bridgehead atoms. The molecule has 1 atom stereocenters. The Kier molecular flexibility index (Phi) is 4.34. The average Bonchev–Trinajstić information content (AvgIpc) is 2.29. The zero-order valence-corrected chi connectivity index (χ0v) is 11.2. The fourth-order valence-electron chi connectivity index (χ4n) is 1.11. The molecular formula is C11H10BrClN2O. The highest BCUT2D eigenvalue weighted by Gasteiger charge is 2.19. The first-order valence-electron chi connectivity index (χ1n) is 4.59. The number of amides is 1. The molecule has 0 aliphatic rings. The van der Waals surface area contributed by atoms with Crippen molar-refractivity contribution in [3.8, 4) is 6.07 Å². The maximum absolute atomic E-state index is 12.0. The summed E-state index contributed by atoms with van der Waals surface area (Å²) in [6.45, 7) is 1.66. The lowest BCUT2D eigenvalue weighted by Gasteiger charge is -2.20. The van der Waals surface area contributed by atoms with Gasteiger partial charge in [-0.15, -0.1) is 0 Å². The van der Waals surface area contributed by atoms with E-state index in [-0.39, 0.29) is 5.91 Å². The summed E-state index contributed by atoms with van der Waals surface area (Å²) in [5, 5.41) is 9.12. The van der Waals surface area contributed by atoms with Crippen molar-refractivity contribution in [2.24, 2.45) is 0 Å². The number of benzene rings is 1. The molecule has 16 heavy (non-hydrogen) atoms. The molecule has 1 unspecified atom stereocenters. The Bertz CT molecular complexity index is 456. The molecule has 0 spiro atoms. The van der Waals surface area contributed by atoms with Crippen LogP contribution >= 0.6 is 27.5 Å².